The number of carbonyl (C=O) groups is 1. The van der Waals surface area contributed by atoms with E-state index in [2.05, 4.69) is 10.3 Å². The fourth-order valence-corrected chi connectivity index (χ4v) is 2.56. The number of aromatic nitrogens is 1. The molecular formula is C14H17N3O2S. The second kappa shape index (κ2) is 6.38. The predicted molar refractivity (Wildman–Crippen MR) is 82.1 cm³/mol. The van der Waals surface area contributed by atoms with Gasteiger partial charge in [0.25, 0.3) is 0 Å². The molecule has 5 nitrogen and oxygen atoms in total. The molecule has 0 bridgehead atoms. The maximum atomic E-state index is 10.5. The Morgan fingerprint density at radius 3 is 2.85 bits per heavy atom. The van der Waals surface area contributed by atoms with Crippen LogP contribution >= 0.6 is 11.3 Å². The molecule has 2 rings (SSSR count). The summed E-state index contributed by atoms with van der Waals surface area (Å²) in [7, 11) is 3.97. The van der Waals surface area contributed by atoms with E-state index in [1.807, 2.05) is 48.6 Å². The van der Waals surface area contributed by atoms with E-state index in [4.69, 9.17) is 5.11 Å². The first-order valence-corrected chi connectivity index (χ1v) is 7.14. The molecule has 0 fully saturated rings. The van der Waals surface area contributed by atoms with Crippen molar-refractivity contribution < 1.29 is 9.90 Å². The van der Waals surface area contributed by atoms with Gasteiger partial charge in [0.2, 0.25) is 0 Å². The Labute approximate surface area is 121 Å². The number of thiazole rings is 1. The van der Waals surface area contributed by atoms with E-state index in [0.29, 0.717) is 6.42 Å². The number of nitrogens with zero attached hydrogens (tertiary/aromatic N) is 2. The van der Waals surface area contributed by atoms with E-state index < -0.39 is 5.97 Å². The fraction of sp³-hybridized carbons (Fsp3) is 0.286. The molecule has 0 aliphatic heterocycles. The lowest BCUT2D eigenvalue weighted by atomic mass is 10.2. The van der Waals surface area contributed by atoms with Crippen LogP contribution in [0.4, 0.5) is 16.5 Å². The Hall–Kier alpha value is -2.08. The molecule has 0 saturated carbocycles. The largest absolute Gasteiger partial charge is 0.481 e. The first-order chi connectivity index (χ1) is 9.56. The third-order valence-electron chi connectivity index (χ3n) is 2.77. The quantitative estimate of drug-likeness (QED) is 0.856. The summed E-state index contributed by atoms with van der Waals surface area (Å²) in [4.78, 5) is 17.0. The highest BCUT2D eigenvalue weighted by atomic mass is 32.1. The van der Waals surface area contributed by atoms with Gasteiger partial charge in [-0.2, -0.15) is 0 Å². The monoisotopic (exact) mass is 291 g/mol. The summed E-state index contributed by atoms with van der Waals surface area (Å²) in [6, 6.07) is 7.98. The van der Waals surface area contributed by atoms with Crippen LogP contribution in [0.2, 0.25) is 0 Å². The lowest BCUT2D eigenvalue weighted by Gasteiger charge is -2.17. The fourth-order valence-electron chi connectivity index (χ4n) is 1.80. The van der Waals surface area contributed by atoms with Gasteiger partial charge in [0.05, 0.1) is 23.5 Å². The van der Waals surface area contributed by atoms with Gasteiger partial charge < -0.3 is 15.3 Å². The van der Waals surface area contributed by atoms with Gasteiger partial charge in [0.1, 0.15) is 0 Å². The molecule has 0 amide bonds. The van der Waals surface area contributed by atoms with Crippen LogP contribution in [0.25, 0.3) is 0 Å². The lowest BCUT2D eigenvalue weighted by Crippen LogP contribution is -2.10. The van der Waals surface area contributed by atoms with E-state index in [0.717, 1.165) is 22.2 Å². The van der Waals surface area contributed by atoms with Crippen molar-refractivity contribution in [2.24, 2.45) is 0 Å². The highest BCUT2D eigenvalue weighted by molar-refractivity contribution is 7.13. The number of aryl methyl sites for hydroxylation is 1. The number of carboxylic acid groups (broad SMARTS) is 1. The van der Waals surface area contributed by atoms with E-state index in [9.17, 15) is 4.79 Å². The van der Waals surface area contributed by atoms with Crippen molar-refractivity contribution in [2.45, 2.75) is 12.8 Å². The van der Waals surface area contributed by atoms with Crippen molar-refractivity contribution in [3.8, 4) is 0 Å². The van der Waals surface area contributed by atoms with Gasteiger partial charge in [-0.1, -0.05) is 12.1 Å². The highest BCUT2D eigenvalue weighted by Crippen LogP contribution is 2.28. The van der Waals surface area contributed by atoms with Gasteiger partial charge in [-0.25, -0.2) is 4.98 Å². The lowest BCUT2D eigenvalue weighted by molar-refractivity contribution is -0.136. The van der Waals surface area contributed by atoms with Crippen molar-refractivity contribution in [1.82, 2.24) is 4.98 Å². The number of benzene rings is 1. The highest BCUT2D eigenvalue weighted by Gasteiger charge is 2.08. The molecule has 1 aromatic heterocycles. The second-order valence-electron chi connectivity index (χ2n) is 4.57. The molecule has 2 aromatic rings. The van der Waals surface area contributed by atoms with E-state index in [1.165, 1.54) is 11.3 Å². The van der Waals surface area contributed by atoms with Crippen molar-refractivity contribution in [3.05, 3.63) is 35.3 Å². The summed E-state index contributed by atoms with van der Waals surface area (Å²) in [6.07, 6.45) is 0.570. The number of nitrogens with one attached hydrogen (secondary N) is 1. The molecule has 6 heteroatoms. The minimum absolute atomic E-state index is 0.109. The third-order valence-corrected chi connectivity index (χ3v) is 3.58. The second-order valence-corrected chi connectivity index (χ2v) is 5.43. The predicted octanol–water partition coefficient (Wildman–Crippen LogP) is 2.97. The Bertz CT molecular complexity index is 596. The van der Waals surface area contributed by atoms with Crippen LogP contribution in [0.5, 0.6) is 0 Å². The number of hydrogen-bond donors (Lipinski definition) is 2. The molecule has 2 N–H and O–H groups in total. The average molecular weight is 291 g/mol. The summed E-state index contributed by atoms with van der Waals surface area (Å²) < 4.78 is 0. The molecule has 0 aliphatic carbocycles. The van der Waals surface area contributed by atoms with Gasteiger partial charge in [-0.05, 0) is 12.1 Å². The van der Waals surface area contributed by atoms with Crippen LogP contribution in [-0.2, 0) is 11.2 Å². The summed E-state index contributed by atoms with van der Waals surface area (Å²) in [5.74, 6) is -0.800. The molecule has 0 atom stereocenters. The molecule has 0 saturated heterocycles. The van der Waals surface area contributed by atoms with Gasteiger partial charge in [0, 0.05) is 25.9 Å². The maximum Gasteiger partial charge on any atom is 0.303 e. The number of aliphatic carboxylic acids is 1. The number of carboxylic acids is 1. The summed E-state index contributed by atoms with van der Waals surface area (Å²) >= 11 is 1.48. The number of hydrogen-bond acceptors (Lipinski definition) is 5. The van der Waals surface area contributed by atoms with Gasteiger partial charge >= 0.3 is 5.97 Å². The van der Waals surface area contributed by atoms with E-state index in [1.54, 1.807) is 0 Å². The van der Waals surface area contributed by atoms with Crippen molar-refractivity contribution in [2.75, 3.05) is 24.3 Å². The Morgan fingerprint density at radius 2 is 2.15 bits per heavy atom. The van der Waals surface area contributed by atoms with Crippen LogP contribution in [0.3, 0.4) is 0 Å². The molecule has 20 heavy (non-hydrogen) atoms. The van der Waals surface area contributed by atoms with Gasteiger partial charge in [-0.15, -0.1) is 11.3 Å². The molecule has 1 heterocycles. The zero-order valence-electron chi connectivity index (χ0n) is 11.5. The summed E-state index contributed by atoms with van der Waals surface area (Å²) in [6.45, 7) is 0. The van der Waals surface area contributed by atoms with E-state index in [-0.39, 0.29) is 6.42 Å². The first-order valence-electron chi connectivity index (χ1n) is 6.26. The maximum absolute atomic E-state index is 10.5. The van der Waals surface area contributed by atoms with Gasteiger partial charge in [-0.3, -0.25) is 4.79 Å². The van der Waals surface area contributed by atoms with Gasteiger partial charge in [0.15, 0.2) is 5.13 Å². The number of rotatable bonds is 6. The first kappa shape index (κ1) is 14.3. The van der Waals surface area contributed by atoms with Crippen LogP contribution in [0.1, 0.15) is 12.1 Å². The Balaban J connectivity index is 2.09. The molecular weight excluding hydrogens is 274 g/mol. The molecule has 106 valence electrons. The number of anilines is 3. The van der Waals surface area contributed by atoms with Crippen molar-refractivity contribution in [3.63, 3.8) is 0 Å². The Kier molecular flexibility index (Phi) is 4.57. The SMILES string of the molecule is CN(C)c1ccccc1Nc1nc(CCC(=O)O)cs1. The Morgan fingerprint density at radius 1 is 1.40 bits per heavy atom. The zero-order chi connectivity index (χ0) is 14.5. The minimum Gasteiger partial charge on any atom is -0.481 e. The van der Waals surface area contributed by atoms with Crippen LogP contribution < -0.4 is 10.2 Å². The molecule has 0 spiro atoms. The molecule has 0 aliphatic rings. The smallest absolute Gasteiger partial charge is 0.303 e. The van der Waals surface area contributed by atoms with Crippen LogP contribution in [0, 0.1) is 0 Å². The van der Waals surface area contributed by atoms with Crippen LogP contribution in [-0.4, -0.2) is 30.2 Å². The van der Waals surface area contributed by atoms with E-state index >= 15 is 0 Å². The summed E-state index contributed by atoms with van der Waals surface area (Å²) in [5, 5.41) is 14.6. The third kappa shape index (κ3) is 3.71. The minimum atomic E-state index is -0.800. The average Bonchev–Trinajstić information content (AvgIpc) is 2.84. The molecule has 0 unspecified atom stereocenters. The number of para-hydroxylation sites is 2. The molecule has 1 aromatic carbocycles. The standard InChI is InChI=1S/C14H17N3O2S/c1-17(2)12-6-4-3-5-11(12)16-14-15-10(9-20-14)7-8-13(18)19/h3-6,9H,7-8H2,1-2H3,(H,15,16)(H,18,19). The van der Waals surface area contributed by atoms with Crippen molar-refractivity contribution >= 4 is 33.8 Å². The van der Waals surface area contributed by atoms with Crippen LogP contribution in [0.15, 0.2) is 29.6 Å². The normalized spacial score (nSPS) is 10.3. The topological polar surface area (TPSA) is 65.5 Å². The summed E-state index contributed by atoms with van der Waals surface area (Å²) in [5.41, 5.74) is 2.87. The van der Waals surface area contributed by atoms with Crippen molar-refractivity contribution in [1.29, 1.82) is 0 Å². The zero-order valence-corrected chi connectivity index (χ0v) is 12.3. The molecule has 0 radical (unpaired) electrons.